The molecule has 8 nitrogen and oxygen atoms in total. The SMILES string of the molecule is CC(=O)NC1C(O)[C@@H](O)C(CO)N[C@H]1OCCCCOPS. The highest BCUT2D eigenvalue weighted by atomic mass is 32.7. The van der Waals surface area contributed by atoms with Gasteiger partial charge in [-0.2, -0.15) is 0 Å². The van der Waals surface area contributed by atoms with Gasteiger partial charge in [-0.25, -0.2) is 0 Å². The molecule has 0 spiro atoms. The Morgan fingerprint density at radius 1 is 1.32 bits per heavy atom. The first-order valence-electron chi connectivity index (χ1n) is 7.14. The van der Waals surface area contributed by atoms with Crippen molar-refractivity contribution in [2.24, 2.45) is 0 Å². The van der Waals surface area contributed by atoms with Gasteiger partial charge in [-0.15, -0.1) is 12.2 Å². The molecular weight excluding hydrogens is 331 g/mol. The number of amides is 1. The van der Waals surface area contributed by atoms with E-state index in [-0.39, 0.29) is 20.5 Å². The number of rotatable bonds is 9. The number of nitrogens with one attached hydrogen (secondary N) is 2. The number of carbonyl (C=O) groups excluding carboxylic acids is 1. The second kappa shape index (κ2) is 10.7. The smallest absolute Gasteiger partial charge is 0.217 e. The predicted molar refractivity (Wildman–Crippen MR) is 85.9 cm³/mol. The van der Waals surface area contributed by atoms with Crippen LogP contribution >= 0.6 is 20.3 Å². The van der Waals surface area contributed by atoms with Crippen molar-refractivity contribution in [3.63, 3.8) is 0 Å². The van der Waals surface area contributed by atoms with Crippen molar-refractivity contribution in [1.82, 2.24) is 10.6 Å². The number of aliphatic hydroxyl groups excluding tert-OH is 3. The lowest BCUT2D eigenvalue weighted by atomic mass is 9.93. The minimum atomic E-state index is -1.22. The molecule has 1 amide bonds. The summed E-state index contributed by atoms with van der Waals surface area (Å²) in [5, 5.41) is 34.7. The van der Waals surface area contributed by atoms with E-state index in [9.17, 15) is 20.1 Å². The first kappa shape index (κ1) is 20.1. The minimum absolute atomic E-state index is 0.163. The van der Waals surface area contributed by atoms with Crippen LogP contribution in [0.5, 0.6) is 0 Å². The number of hydrogen-bond donors (Lipinski definition) is 6. The van der Waals surface area contributed by atoms with E-state index in [1.54, 1.807) is 0 Å². The van der Waals surface area contributed by atoms with Gasteiger partial charge in [0.25, 0.3) is 0 Å². The molecule has 5 N–H and O–H groups in total. The Morgan fingerprint density at radius 2 is 2.00 bits per heavy atom. The quantitative estimate of drug-likeness (QED) is 0.174. The second-order valence-corrected chi connectivity index (χ2v) is 6.12. The second-order valence-electron chi connectivity index (χ2n) is 5.10. The molecule has 0 bridgehead atoms. The Bertz CT molecular complexity index is 341. The number of aliphatic hydroxyl groups is 3. The number of hydrogen-bond acceptors (Lipinski definition) is 8. The van der Waals surface area contributed by atoms with Crippen LogP contribution in [0.15, 0.2) is 0 Å². The van der Waals surface area contributed by atoms with Crippen LogP contribution < -0.4 is 10.6 Å². The van der Waals surface area contributed by atoms with Crippen LogP contribution in [0.3, 0.4) is 0 Å². The monoisotopic (exact) mass is 356 g/mol. The summed E-state index contributed by atoms with van der Waals surface area (Å²) in [6.07, 6.45) is -1.55. The maximum Gasteiger partial charge on any atom is 0.217 e. The summed E-state index contributed by atoms with van der Waals surface area (Å²) in [6.45, 7) is 1.97. The zero-order valence-electron chi connectivity index (χ0n) is 12.4. The van der Waals surface area contributed by atoms with Crippen LogP contribution in [0, 0.1) is 0 Å². The van der Waals surface area contributed by atoms with Gasteiger partial charge in [-0.1, -0.05) is 0 Å². The zero-order valence-corrected chi connectivity index (χ0v) is 14.3. The fraction of sp³-hybridized carbons (Fsp3) is 0.917. The Balaban J connectivity index is 2.52. The highest BCUT2D eigenvalue weighted by molar-refractivity contribution is 8.36. The van der Waals surface area contributed by atoms with E-state index >= 15 is 0 Å². The fourth-order valence-electron chi connectivity index (χ4n) is 2.28. The average molecular weight is 356 g/mol. The predicted octanol–water partition coefficient (Wildman–Crippen LogP) is -1.25. The standard InChI is InChI=1S/C12H25N2O6PS/c1-7(16)13-9-11(18)10(17)8(6-15)14-12(9)19-4-2-3-5-20-21-22/h8-12,14-15,17-18,21-22H,2-6H2,1H3,(H,13,16)/t8?,9?,10-,11?,12-/m0/s1. The molecule has 0 aromatic heterocycles. The van der Waals surface area contributed by atoms with Gasteiger partial charge in [-0.05, 0) is 12.8 Å². The molecular formula is C12H25N2O6PS. The topological polar surface area (TPSA) is 120 Å². The third kappa shape index (κ3) is 6.25. The van der Waals surface area contributed by atoms with Crippen molar-refractivity contribution in [2.75, 3.05) is 19.8 Å². The van der Waals surface area contributed by atoms with Gasteiger partial charge in [0, 0.05) is 13.5 Å². The van der Waals surface area contributed by atoms with Crippen molar-refractivity contribution < 1.29 is 29.4 Å². The number of thiol groups is 1. The first-order valence-corrected chi connectivity index (χ1v) is 9.33. The molecule has 130 valence electrons. The van der Waals surface area contributed by atoms with Gasteiger partial charge in [0.2, 0.25) is 5.91 Å². The molecule has 4 unspecified atom stereocenters. The maximum atomic E-state index is 11.2. The summed E-state index contributed by atoms with van der Waals surface area (Å²) in [5.74, 6) is -0.336. The molecule has 1 fully saturated rings. The van der Waals surface area contributed by atoms with E-state index in [0.29, 0.717) is 13.2 Å². The lowest BCUT2D eigenvalue weighted by molar-refractivity contribution is -0.141. The lowest BCUT2D eigenvalue weighted by Crippen LogP contribution is -2.70. The van der Waals surface area contributed by atoms with E-state index < -0.39 is 30.5 Å². The highest BCUT2D eigenvalue weighted by Gasteiger charge is 2.43. The van der Waals surface area contributed by atoms with Crippen molar-refractivity contribution in [2.45, 2.75) is 50.3 Å². The number of carbonyl (C=O) groups is 1. The Hall–Kier alpha value is 0.01000. The summed E-state index contributed by atoms with van der Waals surface area (Å²) in [5.41, 5.74) is 0. The molecule has 22 heavy (non-hydrogen) atoms. The van der Waals surface area contributed by atoms with E-state index in [4.69, 9.17) is 9.26 Å². The molecule has 1 aliphatic rings. The molecule has 6 atom stereocenters. The summed E-state index contributed by atoms with van der Waals surface area (Å²) in [6, 6.07) is -1.50. The number of piperidine rings is 1. The van der Waals surface area contributed by atoms with Crippen LogP contribution in [-0.2, 0) is 14.1 Å². The average Bonchev–Trinajstić information content (AvgIpc) is 2.49. The fourth-order valence-corrected chi connectivity index (χ4v) is 2.79. The molecule has 1 aliphatic heterocycles. The zero-order chi connectivity index (χ0) is 16.5. The lowest BCUT2D eigenvalue weighted by Gasteiger charge is -2.43. The van der Waals surface area contributed by atoms with Crippen LogP contribution in [0.25, 0.3) is 0 Å². The summed E-state index contributed by atoms with van der Waals surface area (Å²) < 4.78 is 10.8. The van der Waals surface area contributed by atoms with Gasteiger partial charge in [0.15, 0.2) is 0 Å². The molecule has 0 radical (unpaired) electrons. The van der Waals surface area contributed by atoms with Gasteiger partial charge in [-0.3, -0.25) is 10.1 Å². The van der Waals surface area contributed by atoms with E-state index in [1.807, 2.05) is 0 Å². The molecule has 1 saturated heterocycles. The van der Waals surface area contributed by atoms with Crippen molar-refractivity contribution in [1.29, 1.82) is 0 Å². The molecule has 1 heterocycles. The maximum absolute atomic E-state index is 11.2. The summed E-state index contributed by atoms with van der Waals surface area (Å²) >= 11 is 3.96. The minimum Gasteiger partial charge on any atom is -0.395 e. The van der Waals surface area contributed by atoms with Crippen LogP contribution in [0.4, 0.5) is 0 Å². The Morgan fingerprint density at radius 3 is 2.59 bits per heavy atom. The number of unbranched alkanes of at least 4 members (excludes halogenated alkanes) is 1. The van der Waals surface area contributed by atoms with E-state index in [2.05, 4.69) is 22.9 Å². The molecule has 0 aromatic carbocycles. The summed E-state index contributed by atoms with van der Waals surface area (Å²) in [4.78, 5) is 11.2. The molecule has 0 saturated carbocycles. The Labute approximate surface area is 137 Å². The van der Waals surface area contributed by atoms with Gasteiger partial charge < -0.3 is 29.9 Å². The van der Waals surface area contributed by atoms with E-state index in [0.717, 1.165) is 12.8 Å². The largest absolute Gasteiger partial charge is 0.395 e. The third-order valence-electron chi connectivity index (χ3n) is 3.40. The third-order valence-corrected chi connectivity index (χ3v) is 4.12. The van der Waals surface area contributed by atoms with Crippen LogP contribution in [-0.4, -0.2) is 71.6 Å². The van der Waals surface area contributed by atoms with Gasteiger partial charge >= 0.3 is 0 Å². The molecule has 0 aliphatic carbocycles. The Kier molecular flexibility index (Phi) is 9.77. The van der Waals surface area contributed by atoms with Crippen molar-refractivity contribution in [3.8, 4) is 0 Å². The van der Waals surface area contributed by atoms with Gasteiger partial charge in [0.1, 0.15) is 12.3 Å². The van der Waals surface area contributed by atoms with Gasteiger partial charge in [0.05, 0.1) is 39.4 Å². The normalized spacial score (nSPS) is 32.5. The van der Waals surface area contributed by atoms with Crippen LogP contribution in [0.2, 0.25) is 0 Å². The molecule has 10 heteroatoms. The van der Waals surface area contributed by atoms with Crippen molar-refractivity contribution >= 4 is 26.2 Å². The highest BCUT2D eigenvalue weighted by Crippen LogP contribution is 2.18. The van der Waals surface area contributed by atoms with Crippen molar-refractivity contribution in [3.05, 3.63) is 0 Å². The molecule has 1 rings (SSSR count). The van der Waals surface area contributed by atoms with E-state index in [1.165, 1.54) is 6.92 Å². The van der Waals surface area contributed by atoms with Crippen LogP contribution in [0.1, 0.15) is 19.8 Å². The summed E-state index contributed by atoms with van der Waals surface area (Å²) in [7, 11) is 0.163. The number of ether oxygens (including phenoxy) is 1. The first-order chi connectivity index (χ1) is 10.5. The molecule has 0 aromatic rings.